The lowest BCUT2D eigenvalue weighted by Crippen LogP contribution is -2.46. The fraction of sp³-hybridized carbons (Fsp3) is 0.421. The van der Waals surface area contributed by atoms with Crippen LogP contribution in [0.5, 0.6) is 0 Å². The monoisotopic (exact) mass is 408 g/mol. The third-order valence-corrected chi connectivity index (χ3v) is 4.38. The first-order valence-corrected chi connectivity index (χ1v) is 9.12. The molecule has 0 bridgehead atoms. The van der Waals surface area contributed by atoms with Crippen LogP contribution in [0.3, 0.4) is 0 Å². The molecule has 1 unspecified atom stereocenters. The van der Waals surface area contributed by atoms with Crippen LogP contribution in [0.25, 0.3) is 0 Å². The number of rotatable bonds is 5. The van der Waals surface area contributed by atoms with Gasteiger partial charge in [-0.2, -0.15) is 0 Å². The molecule has 0 aromatic heterocycles. The van der Waals surface area contributed by atoms with Crippen molar-refractivity contribution in [3.63, 3.8) is 0 Å². The second kappa shape index (κ2) is 11.4. The summed E-state index contributed by atoms with van der Waals surface area (Å²) in [6.45, 7) is 3.74. The van der Waals surface area contributed by atoms with Crippen molar-refractivity contribution in [2.75, 3.05) is 53.2 Å². The van der Waals surface area contributed by atoms with E-state index in [1.165, 1.54) is 0 Å². The lowest BCUT2D eigenvalue weighted by molar-refractivity contribution is -0.120. The first-order valence-electron chi connectivity index (χ1n) is 8.75. The molecule has 8 nitrogen and oxygen atoms in total. The van der Waals surface area contributed by atoms with Crippen LogP contribution in [0.2, 0.25) is 5.02 Å². The number of nitrogens with one attached hydrogen (secondary N) is 3. The number of likely N-dealkylation sites (N-methyl/N-ethyl adjacent to an activating group) is 4. The lowest BCUT2D eigenvalue weighted by Gasteiger charge is -2.25. The molecule has 0 saturated carbocycles. The molecular formula is C19H29ClN6O2. The molecule has 3 N–H and O–H groups in total. The molecule has 1 aromatic carbocycles. The van der Waals surface area contributed by atoms with Crippen molar-refractivity contribution < 1.29 is 9.59 Å². The quantitative estimate of drug-likeness (QED) is 0.498. The van der Waals surface area contributed by atoms with Crippen LogP contribution in [0.1, 0.15) is 10.4 Å². The Labute approximate surface area is 171 Å². The fourth-order valence-corrected chi connectivity index (χ4v) is 2.96. The average molecular weight is 409 g/mol. The van der Waals surface area contributed by atoms with E-state index in [9.17, 15) is 9.59 Å². The molecule has 2 amide bonds. The van der Waals surface area contributed by atoms with Crippen LogP contribution in [0.15, 0.2) is 35.0 Å². The van der Waals surface area contributed by atoms with Crippen molar-refractivity contribution >= 4 is 35.8 Å². The summed E-state index contributed by atoms with van der Waals surface area (Å²) in [5.41, 5.74) is 2.10. The molecule has 2 rings (SSSR count). The second-order valence-electron chi connectivity index (χ2n) is 6.19. The van der Waals surface area contributed by atoms with Crippen LogP contribution in [0, 0.1) is 0 Å². The highest BCUT2D eigenvalue weighted by Gasteiger charge is 2.28. The normalized spacial score (nSPS) is 15.9. The summed E-state index contributed by atoms with van der Waals surface area (Å²) in [6.07, 6.45) is 1.54. The Morgan fingerprint density at radius 1 is 1.39 bits per heavy atom. The maximum atomic E-state index is 12.7. The number of benzene rings is 1. The third-order valence-electron chi connectivity index (χ3n) is 4.07. The number of aliphatic imine (C=N–C) groups is 1. The predicted molar refractivity (Wildman–Crippen MR) is 115 cm³/mol. The van der Waals surface area contributed by atoms with Gasteiger partial charge in [-0.05, 0) is 39.0 Å². The Morgan fingerprint density at radius 2 is 2.04 bits per heavy atom. The van der Waals surface area contributed by atoms with Crippen LogP contribution in [-0.2, 0) is 4.79 Å². The molecule has 9 heteroatoms. The Balaban J connectivity index is 0.00000122. The van der Waals surface area contributed by atoms with Gasteiger partial charge in [0.15, 0.2) is 0 Å². The van der Waals surface area contributed by atoms with Crippen molar-refractivity contribution in [2.45, 2.75) is 6.17 Å². The van der Waals surface area contributed by atoms with Crippen molar-refractivity contribution in [1.82, 2.24) is 20.9 Å². The van der Waals surface area contributed by atoms with E-state index in [0.717, 1.165) is 11.4 Å². The van der Waals surface area contributed by atoms with Crippen LogP contribution in [-0.4, -0.2) is 77.9 Å². The molecule has 1 aromatic rings. The number of fused-ring (bicyclic) bond motifs is 1. The van der Waals surface area contributed by atoms with Gasteiger partial charge in [0.25, 0.3) is 5.91 Å². The summed E-state index contributed by atoms with van der Waals surface area (Å²) in [5, 5.41) is 9.16. The molecule has 0 fully saturated rings. The van der Waals surface area contributed by atoms with Gasteiger partial charge in [-0.1, -0.05) is 17.7 Å². The van der Waals surface area contributed by atoms with Gasteiger partial charge in [-0.15, -0.1) is 0 Å². The van der Waals surface area contributed by atoms with Gasteiger partial charge in [0.05, 0.1) is 29.4 Å². The van der Waals surface area contributed by atoms with Gasteiger partial charge in [0.1, 0.15) is 6.17 Å². The Hall–Kier alpha value is -2.42. The minimum atomic E-state index is -0.359. The number of anilines is 1. The molecule has 1 atom stereocenters. The topological polar surface area (TPSA) is 89.1 Å². The number of halogens is 1. The number of nitrogens with zero attached hydrogens (tertiary/aromatic N) is 3. The molecule has 0 radical (unpaired) electrons. The van der Waals surface area contributed by atoms with E-state index in [1.54, 1.807) is 39.2 Å². The van der Waals surface area contributed by atoms with Crippen molar-refractivity contribution in [1.29, 1.82) is 0 Å². The SMILES string of the molecule is C=NC.CNCC(=O)NC(/C=C1\CN(C)C(=O)c2c(Cl)cccc2N1C)NC. The fourth-order valence-electron chi connectivity index (χ4n) is 2.71. The Kier molecular flexibility index (Phi) is 9.64. The minimum absolute atomic E-state index is 0.122. The summed E-state index contributed by atoms with van der Waals surface area (Å²) < 4.78 is 0. The zero-order chi connectivity index (χ0) is 21.3. The minimum Gasteiger partial charge on any atom is -0.346 e. The smallest absolute Gasteiger partial charge is 0.257 e. The van der Waals surface area contributed by atoms with Crippen molar-refractivity contribution in [2.24, 2.45) is 4.99 Å². The van der Waals surface area contributed by atoms with Gasteiger partial charge in [-0.25, -0.2) is 0 Å². The standard InChI is InChI=1S/C17H24ClN5O2.C2H5N/c1-19-9-15(24)21-14(20-2)8-11-10-22(3)17(25)16-12(18)6-5-7-13(16)23(11)4;1-3-2/h5-8,14,19-20H,9-10H2,1-4H3,(H,21,24);1H2,2H3/b11-8+;. The zero-order valence-corrected chi connectivity index (χ0v) is 17.8. The summed E-state index contributed by atoms with van der Waals surface area (Å²) >= 11 is 6.25. The molecule has 0 aliphatic carbocycles. The van der Waals surface area contributed by atoms with Gasteiger partial charge in [-0.3, -0.25) is 14.9 Å². The first-order chi connectivity index (χ1) is 13.3. The van der Waals surface area contributed by atoms with E-state index in [0.29, 0.717) is 17.1 Å². The molecular weight excluding hydrogens is 380 g/mol. The van der Waals surface area contributed by atoms with Gasteiger partial charge in [0, 0.05) is 26.8 Å². The molecule has 154 valence electrons. The van der Waals surface area contributed by atoms with E-state index < -0.39 is 0 Å². The van der Waals surface area contributed by atoms with E-state index in [4.69, 9.17) is 11.6 Å². The number of carbonyl (C=O) groups excluding carboxylic acids is 2. The molecule has 28 heavy (non-hydrogen) atoms. The highest BCUT2D eigenvalue weighted by molar-refractivity contribution is 6.34. The van der Waals surface area contributed by atoms with E-state index in [-0.39, 0.29) is 24.5 Å². The van der Waals surface area contributed by atoms with E-state index in [2.05, 4.69) is 27.7 Å². The Bertz CT molecular complexity index is 737. The summed E-state index contributed by atoms with van der Waals surface area (Å²) in [7, 11) is 8.73. The molecule has 1 heterocycles. The maximum Gasteiger partial charge on any atom is 0.257 e. The summed E-state index contributed by atoms with van der Waals surface area (Å²) in [4.78, 5) is 31.3. The molecule has 1 aliphatic heterocycles. The number of hydrogen-bond acceptors (Lipinski definition) is 6. The highest BCUT2D eigenvalue weighted by atomic mass is 35.5. The van der Waals surface area contributed by atoms with E-state index >= 15 is 0 Å². The van der Waals surface area contributed by atoms with Gasteiger partial charge >= 0.3 is 0 Å². The first kappa shape index (κ1) is 23.6. The highest BCUT2D eigenvalue weighted by Crippen LogP contribution is 2.32. The molecule has 1 aliphatic rings. The third kappa shape index (κ3) is 6.05. The Morgan fingerprint density at radius 3 is 2.61 bits per heavy atom. The number of amides is 2. The van der Waals surface area contributed by atoms with Crippen molar-refractivity contribution in [3.8, 4) is 0 Å². The van der Waals surface area contributed by atoms with Crippen LogP contribution >= 0.6 is 11.6 Å². The van der Waals surface area contributed by atoms with E-state index in [1.807, 2.05) is 30.2 Å². The zero-order valence-electron chi connectivity index (χ0n) is 17.0. The maximum absolute atomic E-state index is 12.7. The molecule has 0 spiro atoms. The van der Waals surface area contributed by atoms with Gasteiger partial charge < -0.3 is 25.4 Å². The largest absolute Gasteiger partial charge is 0.346 e. The average Bonchev–Trinajstić information content (AvgIpc) is 2.74. The second-order valence-corrected chi connectivity index (χ2v) is 6.60. The van der Waals surface area contributed by atoms with Crippen LogP contribution in [0.4, 0.5) is 5.69 Å². The predicted octanol–water partition coefficient (Wildman–Crippen LogP) is 0.944. The number of carbonyl (C=O) groups is 2. The molecule has 0 saturated heterocycles. The van der Waals surface area contributed by atoms with Crippen molar-refractivity contribution in [3.05, 3.63) is 40.6 Å². The lowest BCUT2D eigenvalue weighted by atomic mass is 10.1. The summed E-state index contributed by atoms with van der Waals surface area (Å²) in [5.74, 6) is -0.251. The van der Waals surface area contributed by atoms with Gasteiger partial charge in [0.2, 0.25) is 5.91 Å². The number of hydrogen-bond donors (Lipinski definition) is 3. The van der Waals surface area contributed by atoms with Crippen LogP contribution < -0.4 is 20.9 Å². The summed E-state index contributed by atoms with van der Waals surface area (Å²) in [6, 6.07) is 5.39.